The van der Waals surface area contributed by atoms with Crippen molar-refractivity contribution in [1.82, 2.24) is 4.57 Å². The number of benzene rings is 2. The molecule has 1 aromatic heterocycles. The zero-order chi connectivity index (χ0) is 25.4. The monoisotopic (exact) mass is 488 g/mol. The number of ether oxygens (including phenoxy) is 1. The number of anilines is 1. The molecule has 3 atom stereocenters. The highest BCUT2D eigenvalue weighted by Crippen LogP contribution is 2.36. The van der Waals surface area contributed by atoms with Gasteiger partial charge in [0, 0.05) is 19.8 Å². The minimum absolute atomic E-state index is 0.0180. The Bertz CT molecular complexity index is 1210. The minimum Gasteiger partial charge on any atom is -0.459 e. The Labute approximate surface area is 216 Å². The van der Waals surface area contributed by atoms with Crippen LogP contribution in [0.3, 0.4) is 0 Å². The number of nitrogens with zero attached hydrogens (tertiary/aromatic N) is 3. The lowest BCUT2D eigenvalue weighted by Gasteiger charge is -2.36. The first-order chi connectivity index (χ1) is 17.3. The van der Waals surface area contributed by atoms with Gasteiger partial charge in [0.1, 0.15) is 6.10 Å². The summed E-state index contributed by atoms with van der Waals surface area (Å²) < 4.78 is 10.9. The predicted octanol–water partition coefficient (Wildman–Crippen LogP) is 6.08. The van der Waals surface area contributed by atoms with Gasteiger partial charge in [-0.1, -0.05) is 39.3 Å². The van der Waals surface area contributed by atoms with Crippen molar-refractivity contribution >= 4 is 22.7 Å². The van der Waals surface area contributed by atoms with Crippen LogP contribution in [0.25, 0.3) is 22.4 Å². The summed E-state index contributed by atoms with van der Waals surface area (Å²) in [6, 6.07) is 17.2. The van der Waals surface area contributed by atoms with Gasteiger partial charge >= 0.3 is 5.97 Å². The van der Waals surface area contributed by atoms with Crippen LogP contribution in [0, 0.1) is 23.7 Å². The maximum Gasteiger partial charge on any atom is 0.348 e. The molecule has 3 aromatic rings. The number of aromatic nitrogens is 2. The smallest absolute Gasteiger partial charge is 0.348 e. The van der Waals surface area contributed by atoms with Gasteiger partial charge in [0.2, 0.25) is 0 Å². The highest BCUT2D eigenvalue weighted by atomic mass is 16.5. The van der Waals surface area contributed by atoms with Gasteiger partial charge in [-0.3, -0.25) is 0 Å². The van der Waals surface area contributed by atoms with Crippen LogP contribution in [0.4, 0.5) is 5.69 Å². The number of carbonyl (C=O) groups is 1. The first kappa shape index (κ1) is 24.9. The summed E-state index contributed by atoms with van der Waals surface area (Å²) in [6.07, 6.45) is 5.93. The van der Waals surface area contributed by atoms with Crippen molar-refractivity contribution < 1.29 is 14.1 Å². The zero-order valence-corrected chi connectivity index (χ0v) is 22.6. The summed E-state index contributed by atoms with van der Waals surface area (Å²) in [5, 5.41) is 0. The molecule has 5 heteroatoms. The second-order valence-electron chi connectivity index (χ2n) is 11.7. The molecule has 2 fully saturated rings. The maximum absolute atomic E-state index is 13.5. The molecule has 0 saturated heterocycles. The molecular weight excluding hydrogens is 446 g/mol. The van der Waals surface area contributed by atoms with Crippen LogP contribution in [0.15, 0.2) is 48.5 Å². The summed E-state index contributed by atoms with van der Waals surface area (Å²) in [7, 11) is 4.12. The van der Waals surface area contributed by atoms with E-state index in [4.69, 9.17) is 4.74 Å². The SMILES string of the molecule is CC(C)[C@@H]1CC[C@@H](C)CC1OC(=O)C[n+]1c(-c2ccc(N(C)C)cc2)n(CC2CC2)c2ccccc21. The van der Waals surface area contributed by atoms with E-state index in [0.29, 0.717) is 17.8 Å². The molecule has 0 N–H and O–H groups in total. The fourth-order valence-electron chi connectivity index (χ4n) is 6.00. The Kier molecular flexibility index (Phi) is 7.09. The molecule has 2 saturated carbocycles. The van der Waals surface area contributed by atoms with E-state index >= 15 is 0 Å². The highest BCUT2D eigenvalue weighted by molar-refractivity contribution is 5.78. The Balaban J connectivity index is 1.52. The largest absolute Gasteiger partial charge is 0.459 e. The number of imidazole rings is 1. The van der Waals surface area contributed by atoms with Crippen molar-refractivity contribution in [3.8, 4) is 11.4 Å². The van der Waals surface area contributed by atoms with Gasteiger partial charge in [-0.15, -0.1) is 0 Å². The summed E-state index contributed by atoms with van der Waals surface area (Å²) in [5.74, 6) is 3.28. The average Bonchev–Trinajstić information content (AvgIpc) is 3.62. The van der Waals surface area contributed by atoms with Crippen LogP contribution < -0.4 is 9.47 Å². The van der Waals surface area contributed by atoms with Crippen LogP contribution >= 0.6 is 0 Å². The number of carbonyl (C=O) groups excluding carboxylic acids is 1. The molecule has 1 heterocycles. The molecule has 1 unspecified atom stereocenters. The van der Waals surface area contributed by atoms with Crippen molar-refractivity contribution in [2.45, 2.75) is 72.1 Å². The fourth-order valence-corrected chi connectivity index (χ4v) is 6.00. The van der Waals surface area contributed by atoms with E-state index in [0.717, 1.165) is 42.2 Å². The molecule has 2 aliphatic carbocycles. The molecule has 0 aliphatic heterocycles. The van der Waals surface area contributed by atoms with Gasteiger partial charge in [0.25, 0.3) is 5.82 Å². The van der Waals surface area contributed by atoms with Crippen LogP contribution in [0.1, 0.15) is 52.9 Å². The van der Waals surface area contributed by atoms with Crippen molar-refractivity contribution in [2.75, 3.05) is 19.0 Å². The third-order valence-electron chi connectivity index (χ3n) is 8.29. The average molecular weight is 489 g/mol. The highest BCUT2D eigenvalue weighted by Gasteiger charge is 2.36. The number of para-hydroxylation sites is 2. The maximum atomic E-state index is 13.5. The van der Waals surface area contributed by atoms with Crippen LogP contribution in [0.2, 0.25) is 0 Å². The number of hydrogen-bond donors (Lipinski definition) is 0. The number of esters is 1. The van der Waals surface area contributed by atoms with Crippen molar-refractivity contribution in [3.05, 3.63) is 48.5 Å². The van der Waals surface area contributed by atoms with Gasteiger partial charge < -0.3 is 9.64 Å². The summed E-state index contributed by atoms with van der Waals surface area (Å²) >= 11 is 0. The summed E-state index contributed by atoms with van der Waals surface area (Å²) in [5.41, 5.74) is 4.59. The molecule has 0 spiro atoms. The molecule has 2 aromatic carbocycles. The predicted molar refractivity (Wildman–Crippen MR) is 146 cm³/mol. The molecule has 5 nitrogen and oxygen atoms in total. The van der Waals surface area contributed by atoms with Crippen LogP contribution in [-0.2, 0) is 22.6 Å². The second kappa shape index (κ2) is 10.3. The van der Waals surface area contributed by atoms with Crippen LogP contribution in [-0.4, -0.2) is 30.7 Å². The summed E-state index contributed by atoms with van der Waals surface area (Å²) in [6.45, 7) is 8.03. The molecule has 192 valence electrons. The quantitative estimate of drug-likeness (QED) is 0.285. The van der Waals surface area contributed by atoms with Crippen LogP contribution in [0.5, 0.6) is 0 Å². The Morgan fingerprint density at radius 2 is 1.78 bits per heavy atom. The number of rotatable bonds is 8. The Morgan fingerprint density at radius 3 is 2.44 bits per heavy atom. The van der Waals surface area contributed by atoms with Gasteiger partial charge in [0.15, 0.2) is 17.6 Å². The number of fused-ring (bicyclic) bond motifs is 1. The van der Waals surface area contributed by atoms with Gasteiger partial charge in [0.05, 0.1) is 12.1 Å². The fraction of sp³-hybridized carbons (Fsp3) is 0.548. The second-order valence-corrected chi connectivity index (χ2v) is 11.7. The van der Waals surface area contributed by atoms with E-state index < -0.39 is 0 Å². The first-order valence-corrected chi connectivity index (χ1v) is 13.8. The molecular formula is C31H42N3O2+. The van der Waals surface area contributed by atoms with E-state index in [1.165, 1.54) is 30.5 Å². The molecule has 5 rings (SSSR count). The van der Waals surface area contributed by atoms with Crippen molar-refractivity contribution in [3.63, 3.8) is 0 Å². The molecule has 36 heavy (non-hydrogen) atoms. The summed E-state index contributed by atoms with van der Waals surface area (Å²) in [4.78, 5) is 15.6. The molecule has 0 radical (unpaired) electrons. The normalized spacial score (nSPS) is 22.2. The van der Waals surface area contributed by atoms with Crippen molar-refractivity contribution in [2.24, 2.45) is 23.7 Å². The molecule has 2 aliphatic rings. The standard InChI is InChI=1S/C31H42N3O2/c1-21(2)26-17-10-22(3)18-29(26)36-30(35)20-34-28-9-7-6-8-27(28)33(19-23-11-12-23)31(34)24-13-15-25(16-14-24)32(4)5/h6-9,13-16,21-23,26,29H,10-12,17-20H2,1-5H3/q+1/t22-,26+,29?/m1/s1. The lowest BCUT2D eigenvalue weighted by molar-refractivity contribution is -0.649. The molecule has 0 amide bonds. The first-order valence-electron chi connectivity index (χ1n) is 13.8. The lowest BCUT2D eigenvalue weighted by atomic mass is 9.75. The number of hydrogen-bond acceptors (Lipinski definition) is 3. The van der Waals surface area contributed by atoms with E-state index in [1.807, 2.05) is 0 Å². The Morgan fingerprint density at radius 1 is 1.06 bits per heavy atom. The lowest BCUT2D eigenvalue weighted by Crippen LogP contribution is -2.43. The van der Waals surface area contributed by atoms with E-state index in [9.17, 15) is 4.79 Å². The third kappa shape index (κ3) is 5.16. The van der Waals surface area contributed by atoms with E-state index in [1.54, 1.807) is 0 Å². The van der Waals surface area contributed by atoms with Crippen molar-refractivity contribution in [1.29, 1.82) is 0 Å². The van der Waals surface area contributed by atoms with Gasteiger partial charge in [-0.25, -0.2) is 13.9 Å². The topological polar surface area (TPSA) is 38.4 Å². The Hall–Kier alpha value is -2.82. The molecule has 0 bridgehead atoms. The zero-order valence-electron chi connectivity index (χ0n) is 22.6. The van der Waals surface area contributed by atoms with Gasteiger partial charge in [-0.05, 0) is 85.8 Å². The van der Waals surface area contributed by atoms with E-state index in [-0.39, 0.29) is 18.6 Å². The minimum atomic E-state index is -0.120. The van der Waals surface area contributed by atoms with E-state index in [2.05, 4.69) is 97.4 Å². The van der Waals surface area contributed by atoms with Gasteiger partial charge in [-0.2, -0.15) is 0 Å². The third-order valence-corrected chi connectivity index (χ3v) is 8.29.